The number of amides is 1. The highest BCUT2D eigenvalue weighted by Gasteiger charge is 2.16. The lowest BCUT2D eigenvalue weighted by molar-refractivity contribution is 0.102. The third-order valence-corrected chi connectivity index (χ3v) is 4.81. The minimum Gasteiger partial charge on any atom is -0.376 e. The van der Waals surface area contributed by atoms with E-state index >= 15 is 0 Å². The van der Waals surface area contributed by atoms with Gasteiger partial charge in [-0.25, -0.2) is 0 Å². The normalized spacial score (nSPS) is 17.1. The van der Waals surface area contributed by atoms with Crippen molar-refractivity contribution in [1.29, 1.82) is 0 Å². The van der Waals surface area contributed by atoms with Gasteiger partial charge in [-0.05, 0) is 44.0 Å². The van der Waals surface area contributed by atoms with E-state index in [-0.39, 0.29) is 5.91 Å². The first-order chi connectivity index (χ1) is 12.5. The first kappa shape index (κ1) is 18.7. The fourth-order valence-electron chi connectivity index (χ4n) is 3.15. The van der Waals surface area contributed by atoms with Crippen LogP contribution in [0.2, 0.25) is 5.02 Å². The monoisotopic (exact) mass is 376 g/mol. The molecule has 2 aromatic rings. The summed E-state index contributed by atoms with van der Waals surface area (Å²) in [6, 6.07) is 5.92. The second-order valence-corrected chi connectivity index (χ2v) is 7.25. The summed E-state index contributed by atoms with van der Waals surface area (Å²) in [6.07, 6.45) is 6.41. The number of nitrogens with zero attached hydrogens (tertiary/aromatic N) is 4. The summed E-state index contributed by atoms with van der Waals surface area (Å²) in [4.78, 5) is 14.4. The number of carbonyl (C=O) groups is 1. The first-order valence-electron chi connectivity index (χ1n) is 8.94. The minimum atomic E-state index is -0.294. The van der Waals surface area contributed by atoms with Gasteiger partial charge in [-0.15, -0.1) is 5.10 Å². The molecule has 0 saturated carbocycles. The van der Waals surface area contributed by atoms with Crippen LogP contribution in [0.4, 0.5) is 11.4 Å². The standard InChI is InChI=1S/C18H25ClN6O/c1-24(2)17-7-6-13(19)11-15(17)21-18(26)16-12-25(23-22-16)10-8-14-5-3-4-9-20-14/h6-7,11-12,14,20H,3-5,8-10H2,1-2H3,(H,21,26). The van der Waals surface area contributed by atoms with Gasteiger partial charge in [0.1, 0.15) is 0 Å². The zero-order valence-electron chi connectivity index (χ0n) is 15.2. The lowest BCUT2D eigenvalue weighted by Gasteiger charge is -2.23. The maximum Gasteiger partial charge on any atom is 0.277 e. The average molecular weight is 377 g/mol. The Morgan fingerprint density at radius 2 is 2.27 bits per heavy atom. The predicted octanol–water partition coefficient (Wildman–Crippen LogP) is 2.78. The number of carbonyl (C=O) groups excluding carboxylic acids is 1. The van der Waals surface area contributed by atoms with Crippen LogP contribution in [-0.4, -0.2) is 47.6 Å². The molecule has 0 aliphatic carbocycles. The SMILES string of the molecule is CN(C)c1ccc(Cl)cc1NC(=O)c1cn(CCC2CCCCN2)nn1. The number of aryl methyl sites for hydroxylation is 1. The molecule has 1 aromatic heterocycles. The number of anilines is 2. The second kappa shape index (κ2) is 8.51. The number of hydrogen-bond donors (Lipinski definition) is 2. The van der Waals surface area contributed by atoms with E-state index in [1.54, 1.807) is 23.0 Å². The number of benzene rings is 1. The number of hydrogen-bond acceptors (Lipinski definition) is 5. The largest absolute Gasteiger partial charge is 0.376 e. The summed E-state index contributed by atoms with van der Waals surface area (Å²) < 4.78 is 1.73. The molecule has 2 heterocycles. The molecule has 7 nitrogen and oxygen atoms in total. The highest BCUT2D eigenvalue weighted by atomic mass is 35.5. The third kappa shape index (κ3) is 4.74. The van der Waals surface area contributed by atoms with Crippen LogP contribution in [0.15, 0.2) is 24.4 Å². The fourth-order valence-corrected chi connectivity index (χ4v) is 3.33. The summed E-state index contributed by atoms with van der Waals surface area (Å²) in [5.74, 6) is -0.294. The third-order valence-electron chi connectivity index (χ3n) is 4.58. The Morgan fingerprint density at radius 1 is 1.42 bits per heavy atom. The van der Waals surface area contributed by atoms with Crippen LogP contribution in [0.3, 0.4) is 0 Å². The van der Waals surface area contributed by atoms with Crippen molar-refractivity contribution < 1.29 is 4.79 Å². The molecule has 1 fully saturated rings. The van der Waals surface area contributed by atoms with E-state index in [9.17, 15) is 4.79 Å². The molecule has 0 bridgehead atoms. The molecule has 1 atom stereocenters. The van der Waals surface area contributed by atoms with E-state index in [2.05, 4.69) is 20.9 Å². The van der Waals surface area contributed by atoms with Crippen molar-refractivity contribution in [3.8, 4) is 0 Å². The molecule has 1 saturated heterocycles. The van der Waals surface area contributed by atoms with Crippen LogP contribution in [0.1, 0.15) is 36.2 Å². The highest BCUT2D eigenvalue weighted by molar-refractivity contribution is 6.31. The quantitative estimate of drug-likeness (QED) is 0.810. The van der Waals surface area contributed by atoms with E-state index in [0.717, 1.165) is 25.2 Å². The van der Waals surface area contributed by atoms with Gasteiger partial charge in [0.2, 0.25) is 0 Å². The van der Waals surface area contributed by atoms with Gasteiger partial charge in [0.05, 0.1) is 17.6 Å². The number of nitrogens with one attached hydrogen (secondary N) is 2. The number of piperidine rings is 1. The van der Waals surface area contributed by atoms with Crippen molar-refractivity contribution in [3.05, 3.63) is 35.1 Å². The maximum atomic E-state index is 12.5. The lowest BCUT2D eigenvalue weighted by atomic mass is 10.0. The maximum absolute atomic E-state index is 12.5. The van der Waals surface area contributed by atoms with Crippen molar-refractivity contribution in [1.82, 2.24) is 20.3 Å². The molecule has 1 aliphatic rings. The van der Waals surface area contributed by atoms with Crippen LogP contribution in [0.5, 0.6) is 0 Å². The molecule has 1 aromatic carbocycles. The Balaban J connectivity index is 1.62. The van der Waals surface area contributed by atoms with Crippen molar-refractivity contribution in [2.45, 2.75) is 38.3 Å². The molecule has 0 radical (unpaired) electrons. The number of aromatic nitrogens is 3. The fraction of sp³-hybridized carbons (Fsp3) is 0.500. The van der Waals surface area contributed by atoms with Crippen LogP contribution in [-0.2, 0) is 6.54 Å². The number of rotatable bonds is 6. The van der Waals surface area contributed by atoms with Gasteiger partial charge in [-0.1, -0.05) is 23.2 Å². The molecule has 140 valence electrons. The molecular weight excluding hydrogens is 352 g/mol. The van der Waals surface area contributed by atoms with E-state index in [1.165, 1.54) is 19.3 Å². The van der Waals surface area contributed by atoms with Crippen LogP contribution in [0.25, 0.3) is 0 Å². The zero-order valence-corrected chi connectivity index (χ0v) is 16.0. The molecule has 26 heavy (non-hydrogen) atoms. The average Bonchev–Trinajstić information content (AvgIpc) is 3.10. The van der Waals surface area contributed by atoms with Gasteiger partial charge < -0.3 is 15.5 Å². The Labute approximate surface area is 158 Å². The van der Waals surface area contributed by atoms with Crippen molar-refractivity contribution in [3.63, 3.8) is 0 Å². The molecule has 1 aliphatic heterocycles. The zero-order chi connectivity index (χ0) is 18.5. The van der Waals surface area contributed by atoms with Crippen LogP contribution in [0, 0.1) is 0 Å². The lowest BCUT2D eigenvalue weighted by Crippen LogP contribution is -2.34. The van der Waals surface area contributed by atoms with Crippen LogP contribution >= 0.6 is 11.6 Å². The molecule has 8 heteroatoms. The van der Waals surface area contributed by atoms with Crippen molar-refractivity contribution in [2.24, 2.45) is 0 Å². The van der Waals surface area contributed by atoms with E-state index in [1.807, 2.05) is 25.1 Å². The van der Waals surface area contributed by atoms with Gasteiger partial charge in [-0.2, -0.15) is 0 Å². The van der Waals surface area contributed by atoms with Gasteiger partial charge in [0, 0.05) is 31.7 Å². The van der Waals surface area contributed by atoms with E-state index < -0.39 is 0 Å². The number of halogens is 1. The summed E-state index contributed by atoms with van der Waals surface area (Å²) in [5, 5.41) is 15.0. The molecule has 1 unspecified atom stereocenters. The van der Waals surface area contributed by atoms with Crippen LogP contribution < -0.4 is 15.5 Å². The first-order valence-corrected chi connectivity index (χ1v) is 9.32. The smallest absolute Gasteiger partial charge is 0.277 e. The van der Waals surface area contributed by atoms with E-state index in [4.69, 9.17) is 11.6 Å². The summed E-state index contributed by atoms with van der Waals surface area (Å²) in [5.41, 5.74) is 1.82. The minimum absolute atomic E-state index is 0.294. The Hall–Kier alpha value is -2.12. The van der Waals surface area contributed by atoms with Crippen molar-refractivity contribution in [2.75, 3.05) is 30.9 Å². The van der Waals surface area contributed by atoms with Gasteiger partial charge in [-0.3, -0.25) is 9.48 Å². The Bertz CT molecular complexity index is 754. The van der Waals surface area contributed by atoms with Gasteiger partial charge in [0.15, 0.2) is 5.69 Å². The molecule has 2 N–H and O–H groups in total. The highest BCUT2D eigenvalue weighted by Crippen LogP contribution is 2.28. The van der Waals surface area contributed by atoms with Gasteiger partial charge >= 0.3 is 0 Å². The summed E-state index contributed by atoms with van der Waals surface area (Å²) >= 11 is 6.06. The molecule has 1 amide bonds. The summed E-state index contributed by atoms with van der Waals surface area (Å²) in [6.45, 7) is 1.83. The summed E-state index contributed by atoms with van der Waals surface area (Å²) in [7, 11) is 3.82. The topological polar surface area (TPSA) is 75.1 Å². The molecule has 0 spiro atoms. The Kier molecular flexibility index (Phi) is 6.11. The van der Waals surface area contributed by atoms with Crippen molar-refractivity contribution >= 4 is 28.9 Å². The Morgan fingerprint density at radius 3 is 3.00 bits per heavy atom. The molecule has 3 rings (SSSR count). The predicted molar refractivity (Wildman–Crippen MR) is 104 cm³/mol. The van der Waals surface area contributed by atoms with Gasteiger partial charge in [0.25, 0.3) is 5.91 Å². The molecular formula is C18H25ClN6O. The van der Waals surface area contributed by atoms with E-state index in [0.29, 0.717) is 22.4 Å². The second-order valence-electron chi connectivity index (χ2n) is 6.81.